The van der Waals surface area contributed by atoms with E-state index in [1.807, 2.05) is 0 Å². The number of rotatable bonds is 17. The number of ether oxygens (including phenoxy) is 1. The van der Waals surface area contributed by atoms with E-state index in [1.54, 1.807) is 0 Å². The van der Waals surface area contributed by atoms with Crippen LogP contribution >= 0.6 is 0 Å². The molecule has 0 spiro atoms. The molecule has 1 aromatic carbocycles. The average Bonchev–Trinajstić information content (AvgIpc) is 2.75. The molecule has 34 heavy (non-hydrogen) atoms. The third kappa shape index (κ3) is 6.96. The molecule has 2 rings (SSSR count). The molecule has 194 valence electrons. The molecule has 1 aliphatic rings. The number of carboxylic acid groups (broad SMARTS) is 1. The zero-order valence-corrected chi connectivity index (χ0v) is 21.7. The Morgan fingerprint density at radius 1 is 0.735 bits per heavy atom. The van der Waals surface area contributed by atoms with Crippen molar-refractivity contribution in [2.45, 2.75) is 123 Å². The molecule has 0 amide bonds. The Morgan fingerprint density at radius 2 is 1.24 bits per heavy atom. The largest absolute Gasteiger partial charge is 0.504 e. The van der Waals surface area contributed by atoms with Crippen molar-refractivity contribution in [3.05, 3.63) is 11.1 Å². The van der Waals surface area contributed by atoms with Gasteiger partial charge >= 0.3 is 5.97 Å². The molecule has 1 aromatic rings. The number of carboxylic acids is 1. The topological polar surface area (TPSA) is 107 Å². The van der Waals surface area contributed by atoms with Crippen molar-refractivity contribution in [3.63, 3.8) is 0 Å². The van der Waals surface area contributed by atoms with E-state index in [9.17, 15) is 25.2 Å². The molecule has 1 unspecified atom stereocenters. The van der Waals surface area contributed by atoms with Crippen molar-refractivity contribution in [2.24, 2.45) is 11.8 Å². The molecule has 1 aliphatic heterocycles. The Bertz CT molecular complexity index is 801. The van der Waals surface area contributed by atoms with E-state index in [2.05, 4.69) is 27.7 Å². The summed E-state index contributed by atoms with van der Waals surface area (Å²) >= 11 is 0. The first-order chi connectivity index (χ1) is 16.1. The zero-order valence-electron chi connectivity index (χ0n) is 21.7. The van der Waals surface area contributed by atoms with Crippen molar-refractivity contribution >= 4 is 5.97 Å². The summed E-state index contributed by atoms with van der Waals surface area (Å²) in [6.07, 6.45) is 13.3. The van der Waals surface area contributed by atoms with Crippen LogP contribution in [-0.2, 0) is 16.8 Å². The molecule has 0 saturated heterocycles. The zero-order chi connectivity index (χ0) is 25.3. The fraction of sp³-hybridized carbons (Fsp3) is 0.750. The second-order valence-electron chi connectivity index (χ2n) is 10.9. The van der Waals surface area contributed by atoms with Crippen molar-refractivity contribution in [3.8, 4) is 23.0 Å². The second-order valence-corrected chi connectivity index (χ2v) is 10.9. The number of aliphatic carboxylic acids is 1. The van der Waals surface area contributed by atoms with Crippen LogP contribution in [0.4, 0.5) is 0 Å². The van der Waals surface area contributed by atoms with Crippen LogP contribution in [0.1, 0.15) is 122 Å². The molecule has 6 nitrogen and oxygen atoms in total. The van der Waals surface area contributed by atoms with E-state index in [-0.39, 0.29) is 12.2 Å². The van der Waals surface area contributed by atoms with Gasteiger partial charge in [-0.3, -0.25) is 0 Å². The summed E-state index contributed by atoms with van der Waals surface area (Å²) < 4.78 is 5.66. The van der Waals surface area contributed by atoms with Crippen LogP contribution in [0.2, 0.25) is 0 Å². The molecule has 0 aliphatic carbocycles. The monoisotopic (exact) mass is 478 g/mol. The Hall–Kier alpha value is -2.11. The minimum absolute atomic E-state index is 0.00145. The van der Waals surface area contributed by atoms with Crippen LogP contribution in [0.15, 0.2) is 0 Å². The third-order valence-electron chi connectivity index (χ3n) is 7.02. The molecule has 4 N–H and O–H groups in total. The highest BCUT2D eigenvalue weighted by Gasteiger charge is 2.56. The Labute approximate surface area is 205 Å². The SMILES string of the molecule is CC(C)CCCCCCCc1c(O)c(O)c(O)c2c1C(CCCCCCCC(C)C)(C(=O)O)O2. The lowest BCUT2D eigenvalue weighted by atomic mass is 9.78. The van der Waals surface area contributed by atoms with Crippen molar-refractivity contribution < 1.29 is 30.0 Å². The number of hydrogen-bond acceptors (Lipinski definition) is 5. The highest BCUT2D eigenvalue weighted by molar-refractivity contribution is 5.88. The van der Waals surface area contributed by atoms with Gasteiger partial charge in [-0.1, -0.05) is 91.9 Å². The minimum atomic E-state index is -1.57. The number of benzene rings is 1. The summed E-state index contributed by atoms with van der Waals surface area (Å²) in [6, 6.07) is 0. The van der Waals surface area contributed by atoms with Crippen molar-refractivity contribution in [1.82, 2.24) is 0 Å². The van der Waals surface area contributed by atoms with Gasteiger partial charge < -0.3 is 25.2 Å². The van der Waals surface area contributed by atoms with E-state index in [0.29, 0.717) is 35.8 Å². The molecule has 0 radical (unpaired) electrons. The van der Waals surface area contributed by atoms with Crippen molar-refractivity contribution in [2.75, 3.05) is 0 Å². The van der Waals surface area contributed by atoms with E-state index in [4.69, 9.17) is 4.74 Å². The summed E-state index contributed by atoms with van der Waals surface area (Å²) in [5, 5.41) is 41.1. The van der Waals surface area contributed by atoms with Crippen LogP contribution in [0, 0.1) is 11.8 Å². The maximum Gasteiger partial charge on any atom is 0.353 e. The summed E-state index contributed by atoms with van der Waals surface area (Å²) in [5.41, 5.74) is -0.826. The van der Waals surface area contributed by atoms with Gasteiger partial charge in [-0.25, -0.2) is 4.79 Å². The Morgan fingerprint density at radius 3 is 1.76 bits per heavy atom. The van der Waals surface area contributed by atoms with Crippen LogP contribution in [0.5, 0.6) is 23.0 Å². The fourth-order valence-corrected chi connectivity index (χ4v) is 4.96. The van der Waals surface area contributed by atoms with E-state index >= 15 is 0 Å². The number of aromatic hydroxyl groups is 3. The molecule has 0 bridgehead atoms. The summed E-state index contributed by atoms with van der Waals surface area (Å²) in [4.78, 5) is 12.3. The molecular weight excluding hydrogens is 432 g/mol. The summed E-state index contributed by atoms with van der Waals surface area (Å²) in [5.74, 6) is -1.32. The predicted octanol–water partition coefficient (Wildman–Crippen LogP) is 7.40. The first-order valence-corrected chi connectivity index (χ1v) is 13.3. The fourth-order valence-electron chi connectivity index (χ4n) is 4.96. The van der Waals surface area contributed by atoms with Crippen LogP contribution in [0.25, 0.3) is 0 Å². The molecule has 0 fully saturated rings. The number of fused-ring (bicyclic) bond motifs is 1. The minimum Gasteiger partial charge on any atom is -0.504 e. The van der Waals surface area contributed by atoms with Gasteiger partial charge in [0.15, 0.2) is 11.5 Å². The lowest BCUT2D eigenvalue weighted by molar-refractivity contribution is -0.163. The number of unbranched alkanes of at least 4 members (excludes halogenated alkanes) is 8. The van der Waals surface area contributed by atoms with Gasteiger partial charge in [-0.2, -0.15) is 0 Å². The quantitative estimate of drug-likeness (QED) is 0.137. The number of carbonyl (C=O) groups is 1. The van der Waals surface area contributed by atoms with Gasteiger partial charge in [-0.05, 0) is 31.1 Å². The lowest BCUT2D eigenvalue weighted by Crippen LogP contribution is -2.49. The maximum absolute atomic E-state index is 12.3. The Balaban J connectivity index is 2.03. The highest BCUT2D eigenvalue weighted by atomic mass is 16.6. The van der Waals surface area contributed by atoms with E-state index < -0.39 is 28.8 Å². The average molecular weight is 479 g/mol. The molecular formula is C28H46O6. The first kappa shape index (κ1) is 28.1. The number of phenolic OH excluding ortho intramolecular Hbond substituents is 3. The van der Waals surface area contributed by atoms with Gasteiger partial charge in [0.1, 0.15) is 0 Å². The van der Waals surface area contributed by atoms with Crippen LogP contribution in [-0.4, -0.2) is 26.4 Å². The smallest absolute Gasteiger partial charge is 0.353 e. The molecule has 1 atom stereocenters. The van der Waals surface area contributed by atoms with E-state index in [0.717, 1.165) is 44.9 Å². The standard InChI is InChI=1S/C28H46O6/c1-19(2)15-11-7-5-9-13-17-21-22-26(25(31)24(30)23(21)29)34-28(22,27(32)33)18-14-10-6-8-12-16-20(3)4/h19-20,29-31H,5-18H2,1-4H3,(H,32,33). The molecule has 6 heteroatoms. The predicted molar refractivity (Wildman–Crippen MR) is 135 cm³/mol. The summed E-state index contributed by atoms with van der Waals surface area (Å²) in [7, 11) is 0. The number of hydrogen-bond donors (Lipinski definition) is 4. The van der Waals surface area contributed by atoms with Gasteiger partial charge in [0.05, 0.1) is 5.56 Å². The third-order valence-corrected chi connectivity index (χ3v) is 7.02. The van der Waals surface area contributed by atoms with Gasteiger partial charge in [0.2, 0.25) is 17.1 Å². The molecule has 0 aromatic heterocycles. The first-order valence-electron chi connectivity index (χ1n) is 13.3. The molecule has 0 saturated carbocycles. The highest BCUT2D eigenvalue weighted by Crippen LogP contribution is 2.60. The van der Waals surface area contributed by atoms with Gasteiger partial charge in [-0.15, -0.1) is 0 Å². The van der Waals surface area contributed by atoms with E-state index in [1.165, 1.54) is 25.7 Å². The van der Waals surface area contributed by atoms with Gasteiger partial charge in [0, 0.05) is 12.0 Å². The maximum atomic E-state index is 12.3. The second kappa shape index (κ2) is 13.1. The van der Waals surface area contributed by atoms with Crippen molar-refractivity contribution in [1.29, 1.82) is 0 Å². The normalized spacial score (nSPS) is 17.0. The van der Waals surface area contributed by atoms with Crippen LogP contribution in [0.3, 0.4) is 0 Å². The lowest BCUT2D eigenvalue weighted by Gasteiger charge is -2.42. The molecule has 1 heterocycles. The summed E-state index contributed by atoms with van der Waals surface area (Å²) in [6.45, 7) is 8.88. The van der Waals surface area contributed by atoms with Crippen LogP contribution < -0.4 is 4.74 Å². The Kier molecular flexibility index (Phi) is 10.8. The van der Waals surface area contributed by atoms with Gasteiger partial charge in [0.25, 0.3) is 0 Å². The number of phenols is 3.